The van der Waals surface area contributed by atoms with Gasteiger partial charge in [0.1, 0.15) is 0 Å². The first kappa shape index (κ1) is 71.4. The fourth-order valence-electron chi connectivity index (χ4n) is 16.5. The van der Waals surface area contributed by atoms with Crippen LogP contribution in [-0.4, -0.2) is 105 Å². The maximum atomic E-state index is 2.86. The molecule has 0 amide bonds. The molecule has 0 saturated heterocycles. The van der Waals surface area contributed by atoms with E-state index in [2.05, 4.69) is 284 Å². The van der Waals surface area contributed by atoms with E-state index < -0.39 is 105 Å². The van der Waals surface area contributed by atoms with Crippen molar-refractivity contribution in [3.05, 3.63) is 39.0 Å². The summed E-state index contributed by atoms with van der Waals surface area (Å²) in [6.45, 7) is 120. The predicted octanol–water partition coefficient (Wildman–Crippen LogP) is 12.7. The van der Waals surface area contributed by atoms with Crippen LogP contribution in [0.25, 0.3) is 0 Å². The third-order valence-electron chi connectivity index (χ3n) is 18.5. The molecule has 4 rings (SSSR count). The molecule has 0 N–H and O–H groups in total. The highest BCUT2D eigenvalue weighted by molar-refractivity contribution is 7.25. The second-order valence-electron chi connectivity index (χ2n) is 38.4. The largest absolute Gasteiger partial charge is 0.159 e. The third-order valence-corrected chi connectivity index (χ3v) is 51.8. The summed E-state index contributed by atoms with van der Waals surface area (Å²) in [5.41, 5.74) is 12.3. The molecule has 1 aliphatic carbocycles. The van der Waals surface area contributed by atoms with Gasteiger partial charge in [0.25, 0.3) is 0 Å². The van der Waals surface area contributed by atoms with Gasteiger partial charge in [0.2, 0.25) is 0 Å². The summed E-state index contributed by atoms with van der Waals surface area (Å²) >= 11 is 0. The standard InChI is InChI=1S/C66H130Si13/c1-44-45(2)47(4)51(46(44)3)79(55-48(5)52(67(8,9)10)58(70(17,18)19)64(76(35,36)37)61(55)73(26,27)28,56-49(6)53(68(11,12)13)59(71(20,21)22)65(77(38,39)40)62(56)74(29,30)31)57-50(7)54(69(14,15)16)60(72(23,24)25)66(78(41,42)43)63(57)75(32,33)34/h51H,1-43H3. The molecule has 0 unspecified atom stereocenters. The lowest BCUT2D eigenvalue weighted by molar-refractivity contribution is 1.09. The van der Waals surface area contributed by atoms with Crippen LogP contribution in [0.4, 0.5) is 0 Å². The highest BCUT2D eigenvalue weighted by atomic mass is 28.4. The fourth-order valence-corrected chi connectivity index (χ4v) is 72.9. The molecule has 0 spiro atoms. The molecule has 0 atom stereocenters. The molecule has 446 valence electrons. The SMILES string of the molecule is CC1=C(C)C([Si](c2c(C)c([Si](C)(C)C)c([Si](C)(C)C)c([Si](C)(C)C)c2[Si](C)(C)C)(c2c(C)c([Si](C)(C)C)c([Si](C)(C)C)c([Si](C)(C)C)c2[Si](C)(C)C)c2c(C)c([Si](C)(C)C)c([Si](C)(C)C)c([Si](C)(C)C)c2[Si](C)(C)C)C(C)=C1C. The van der Waals surface area contributed by atoms with Gasteiger partial charge in [-0.15, -0.1) is 0 Å². The van der Waals surface area contributed by atoms with Gasteiger partial charge in [0.05, 0.1) is 96.9 Å². The summed E-state index contributed by atoms with van der Waals surface area (Å²) in [6, 6.07) is 0. The zero-order valence-corrected chi connectivity index (χ0v) is 74.1. The summed E-state index contributed by atoms with van der Waals surface area (Å²) in [7, 11) is -28.7. The first-order valence-electron chi connectivity index (χ1n) is 31.4. The number of allylic oxidation sites excluding steroid dienone is 4. The zero-order chi connectivity index (χ0) is 62.8. The van der Waals surface area contributed by atoms with Crippen LogP contribution in [0.5, 0.6) is 0 Å². The molecule has 0 aliphatic heterocycles. The van der Waals surface area contributed by atoms with Crippen LogP contribution >= 0.6 is 0 Å². The normalized spacial score (nSPS) is 16.1. The van der Waals surface area contributed by atoms with Crippen LogP contribution in [0.3, 0.4) is 0 Å². The first-order chi connectivity index (χ1) is 34.3. The lowest BCUT2D eigenvalue weighted by Gasteiger charge is -2.55. The van der Waals surface area contributed by atoms with Gasteiger partial charge in [0, 0.05) is 5.54 Å². The van der Waals surface area contributed by atoms with E-state index in [0.29, 0.717) is 5.54 Å². The molecule has 0 fully saturated rings. The van der Waals surface area contributed by atoms with Crippen LogP contribution < -0.4 is 77.8 Å². The van der Waals surface area contributed by atoms with Gasteiger partial charge in [-0.3, -0.25) is 0 Å². The van der Waals surface area contributed by atoms with Crippen LogP contribution in [0.2, 0.25) is 241 Å². The molecule has 3 aromatic rings. The Bertz CT molecular complexity index is 2680. The van der Waals surface area contributed by atoms with E-state index in [4.69, 9.17) is 0 Å². The van der Waals surface area contributed by atoms with Gasteiger partial charge >= 0.3 is 0 Å². The Morgan fingerprint density at radius 1 is 0.165 bits per heavy atom. The van der Waals surface area contributed by atoms with Gasteiger partial charge in [-0.2, -0.15) is 0 Å². The molecule has 1 aliphatic rings. The maximum Gasteiger partial charge on any atom is 0.159 e. The molecule has 0 radical (unpaired) electrons. The van der Waals surface area contributed by atoms with E-state index in [-0.39, 0.29) is 0 Å². The van der Waals surface area contributed by atoms with E-state index >= 15 is 0 Å². The Balaban J connectivity index is 3.33. The van der Waals surface area contributed by atoms with Crippen molar-refractivity contribution in [1.82, 2.24) is 0 Å². The number of hydrogen-bond donors (Lipinski definition) is 0. The lowest BCUT2D eigenvalue weighted by Crippen LogP contribution is -2.91. The second-order valence-corrected chi connectivity index (χ2v) is 102. The Morgan fingerprint density at radius 2 is 0.278 bits per heavy atom. The molecular formula is C66H130Si13. The zero-order valence-electron chi connectivity index (χ0n) is 61.1. The van der Waals surface area contributed by atoms with Gasteiger partial charge in [-0.05, 0) is 75.2 Å². The van der Waals surface area contributed by atoms with Crippen molar-refractivity contribution >= 4 is 183 Å². The summed E-state index contributed by atoms with van der Waals surface area (Å²) < 4.78 is 0. The van der Waals surface area contributed by atoms with Crippen molar-refractivity contribution in [3.8, 4) is 0 Å². The average Bonchev–Trinajstić information content (AvgIpc) is 3.34. The van der Waals surface area contributed by atoms with Crippen molar-refractivity contribution in [3.63, 3.8) is 0 Å². The Kier molecular flexibility index (Phi) is 19.3. The molecule has 13 heteroatoms. The summed E-state index contributed by atoms with van der Waals surface area (Å²) in [5.74, 6) is 0. The highest BCUT2D eigenvalue weighted by Crippen LogP contribution is 2.47. The van der Waals surface area contributed by atoms with E-state index in [1.165, 1.54) is 0 Å². The smallest absolute Gasteiger partial charge is 0.0656 e. The molecule has 0 saturated carbocycles. The van der Waals surface area contributed by atoms with Crippen molar-refractivity contribution in [2.45, 2.75) is 290 Å². The van der Waals surface area contributed by atoms with Crippen LogP contribution in [0, 0.1) is 20.8 Å². The summed E-state index contributed by atoms with van der Waals surface area (Å²) in [4.78, 5) is 0. The number of hydrogen-bond acceptors (Lipinski definition) is 0. The van der Waals surface area contributed by atoms with Gasteiger partial charge < -0.3 is 0 Å². The number of rotatable bonds is 16. The van der Waals surface area contributed by atoms with Crippen molar-refractivity contribution in [2.75, 3.05) is 0 Å². The summed E-state index contributed by atoms with van der Waals surface area (Å²) in [6.07, 6.45) is 0. The maximum absolute atomic E-state index is 3.54. The molecule has 79 heavy (non-hydrogen) atoms. The lowest BCUT2D eigenvalue weighted by atomic mass is 10.1. The second kappa shape index (κ2) is 21.4. The van der Waals surface area contributed by atoms with E-state index in [0.717, 1.165) is 0 Å². The minimum Gasteiger partial charge on any atom is -0.0656 e. The topological polar surface area (TPSA) is 0 Å². The Labute approximate surface area is 507 Å². The molecule has 3 aromatic carbocycles. The highest BCUT2D eigenvalue weighted by Gasteiger charge is 2.61. The molecule has 0 aromatic heterocycles. The quantitative estimate of drug-likeness (QED) is 0.0990. The van der Waals surface area contributed by atoms with Crippen LogP contribution in [0.15, 0.2) is 22.3 Å². The molecule has 0 bridgehead atoms. The monoisotopic (exact) mass is 1290 g/mol. The van der Waals surface area contributed by atoms with Crippen molar-refractivity contribution in [2.24, 2.45) is 0 Å². The van der Waals surface area contributed by atoms with Gasteiger partial charge in [0.15, 0.2) is 8.07 Å². The minimum absolute atomic E-state index is 0.314. The number of benzene rings is 3. The summed E-state index contributed by atoms with van der Waals surface area (Å²) in [5, 5.41) is 29.2. The van der Waals surface area contributed by atoms with E-state index in [1.54, 1.807) is 39.0 Å². The van der Waals surface area contributed by atoms with Crippen molar-refractivity contribution in [1.29, 1.82) is 0 Å². The molecule has 0 heterocycles. The van der Waals surface area contributed by atoms with Crippen LogP contribution in [-0.2, 0) is 0 Å². The Hall–Kier alpha value is -0.0405. The van der Waals surface area contributed by atoms with E-state index in [1.807, 2.05) is 77.8 Å². The van der Waals surface area contributed by atoms with E-state index in [9.17, 15) is 0 Å². The third kappa shape index (κ3) is 12.7. The van der Waals surface area contributed by atoms with Gasteiger partial charge in [-0.25, -0.2) is 0 Å². The van der Waals surface area contributed by atoms with Crippen molar-refractivity contribution < 1.29 is 0 Å². The van der Waals surface area contributed by atoms with Crippen LogP contribution in [0.1, 0.15) is 44.4 Å². The first-order valence-corrected chi connectivity index (χ1v) is 75.4. The average molecular weight is 1290 g/mol. The molecule has 0 nitrogen and oxygen atoms in total. The molecular weight excluding hydrogens is 1160 g/mol. The predicted molar refractivity (Wildman–Crippen MR) is 414 cm³/mol. The minimum atomic E-state index is -3.54. The Morgan fingerprint density at radius 3 is 0.405 bits per heavy atom. The van der Waals surface area contributed by atoms with Gasteiger partial charge in [-0.1, -0.05) is 326 Å². The fraction of sp³-hybridized carbons (Fsp3) is 0.667.